The number of benzene rings is 2. The van der Waals surface area contributed by atoms with Gasteiger partial charge >= 0.3 is 11.9 Å². The molecule has 2 fully saturated rings. The molecule has 0 spiro atoms. The average molecular weight is 434 g/mol. The summed E-state index contributed by atoms with van der Waals surface area (Å²) in [5, 5.41) is 0. The first-order chi connectivity index (χ1) is 15.6. The molecule has 0 radical (unpaired) electrons. The van der Waals surface area contributed by atoms with Gasteiger partial charge in [0, 0.05) is 18.5 Å². The molecule has 2 aromatic carbocycles. The second kappa shape index (κ2) is 9.92. The van der Waals surface area contributed by atoms with Crippen molar-refractivity contribution in [1.29, 1.82) is 0 Å². The molecule has 2 bridgehead atoms. The highest BCUT2D eigenvalue weighted by Gasteiger charge is 2.52. The van der Waals surface area contributed by atoms with Gasteiger partial charge in [0.15, 0.2) is 5.78 Å². The van der Waals surface area contributed by atoms with Crippen LogP contribution in [0.25, 0.3) is 6.08 Å². The summed E-state index contributed by atoms with van der Waals surface area (Å²) in [5.41, 5.74) is 1.41. The molecule has 4 rings (SSSR count). The topological polar surface area (TPSA) is 72.9 Å². The molecule has 6 heteroatoms. The van der Waals surface area contributed by atoms with Gasteiger partial charge in [-0.3, -0.25) is 14.5 Å². The van der Waals surface area contributed by atoms with Crippen molar-refractivity contribution in [2.24, 2.45) is 5.92 Å². The van der Waals surface area contributed by atoms with E-state index in [4.69, 9.17) is 9.47 Å². The number of rotatable bonds is 7. The highest BCUT2D eigenvalue weighted by atomic mass is 16.6. The number of nitrogens with zero attached hydrogens (tertiary/aromatic N) is 1. The summed E-state index contributed by atoms with van der Waals surface area (Å²) in [6, 6.07) is 18.3. The van der Waals surface area contributed by atoms with Crippen molar-refractivity contribution >= 4 is 23.8 Å². The minimum atomic E-state index is -0.614. The van der Waals surface area contributed by atoms with Gasteiger partial charge < -0.3 is 9.47 Å². The maximum Gasteiger partial charge on any atom is 0.338 e. The van der Waals surface area contributed by atoms with Crippen LogP contribution in [0.5, 0.6) is 0 Å². The van der Waals surface area contributed by atoms with Gasteiger partial charge in [0.05, 0.1) is 19.2 Å². The number of hydrogen-bond donors (Lipinski definition) is 0. The average Bonchev–Trinajstić information content (AvgIpc) is 3.09. The summed E-state index contributed by atoms with van der Waals surface area (Å²) in [6.07, 6.45) is 4.94. The van der Waals surface area contributed by atoms with Crippen LogP contribution in [0.2, 0.25) is 0 Å². The van der Waals surface area contributed by atoms with Crippen molar-refractivity contribution in [3.63, 3.8) is 0 Å². The SMILES string of the molecule is COC(=O)C1C(OC(=O)c2ccccc2)C[C@@H]2CC[C@H]1N2CC(=O)/C=C/c1ccccc1. The van der Waals surface area contributed by atoms with Gasteiger partial charge in [-0.15, -0.1) is 0 Å². The van der Waals surface area contributed by atoms with Crippen molar-refractivity contribution < 1.29 is 23.9 Å². The maximum atomic E-state index is 12.7. The number of hydrogen-bond acceptors (Lipinski definition) is 6. The van der Waals surface area contributed by atoms with E-state index < -0.39 is 24.0 Å². The quantitative estimate of drug-likeness (QED) is 0.491. The zero-order valence-corrected chi connectivity index (χ0v) is 18.1. The third-order valence-corrected chi connectivity index (χ3v) is 6.35. The Balaban J connectivity index is 1.47. The van der Waals surface area contributed by atoms with Crippen LogP contribution in [0.15, 0.2) is 66.7 Å². The number of carbonyl (C=O) groups excluding carboxylic acids is 3. The van der Waals surface area contributed by atoms with E-state index in [0.29, 0.717) is 12.0 Å². The van der Waals surface area contributed by atoms with Crippen molar-refractivity contribution in [2.75, 3.05) is 13.7 Å². The fourth-order valence-electron chi connectivity index (χ4n) is 4.85. The Morgan fingerprint density at radius 3 is 2.38 bits per heavy atom. The highest BCUT2D eigenvalue weighted by Crippen LogP contribution is 2.41. The Morgan fingerprint density at radius 1 is 1.00 bits per heavy atom. The van der Waals surface area contributed by atoms with E-state index >= 15 is 0 Å². The fourth-order valence-corrected chi connectivity index (χ4v) is 4.85. The third kappa shape index (κ3) is 4.81. The predicted octanol–water partition coefficient (Wildman–Crippen LogP) is 3.52. The predicted molar refractivity (Wildman–Crippen MR) is 120 cm³/mol. The Morgan fingerprint density at radius 2 is 1.69 bits per heavy atom. The number of carbonyl (C=O) groups is 3. The number of ether oxygens (including phenoxy) is 2. The lowest BCUT2D eigenvalue weighted by Gasteiger charge is -2.42. The van der Waals surface area contributed by atoms with Crippen LogP contribution >= 0.6 is 0 Å². The van der Waals surface area contributed by atoms with Gasteiger partial charge in [-0.2, -0.15) is 0 Å². The van der Waals surface area contributed by atoms with Gasteiger partial charge in [-0.05, 0) is 36.6 Å². The van der Waals surface area contributed by atoms with Crippen molar-refractivity contribution in [3.8, 4) is 0 Å². The van der Waals surface area contributed by atoms with E-state index in [-0.39, 0.29) is 24.4 Å². The Hall–Kier alpha value is -3.25. The molecule has 6 nitrogen and oxygen atoms in total. The standard InChI is InChI=1S/C26H27NO5/c1-31-26(30)24-22-15-13-20(16-23(24)32-25(29)19-10-6-3-7-11-19)27(22)17-21(28)14-12-18-8-4-2-5-9-18/h2-12,14,20,22-24H,13,15-17H2,1H3/b14-12+/t20-,22+,23?,24?/m0/s1. The number of methoxy groups -OCH3 is 1. The summed E-state index contributed by atoms with van der Waals surface area (Å²) in [7, 11) is 1.34. The normalized spacial score (nSPS) is 24.9. The monoisotopic (exact) mass is 433 g/mol. The van der Waals surface area contributed by atoms with Gasteiger partial charge in [0.25, 0.3) is 0 Å². The number of fused-ring (bicyclic) bond motifs is 2. The van der Waals surface area contributed by atoms with Crippen LogP contribution in [0, 0.1) is 5.92 Å². The molecule has 0 aliphatic carbocycles. The molecule has 0 aromatic heterocycles. The summed E-state index contributed by atoms with van der Waals surface area (Å²) >= 11 is 0. The Labute approximate surface area is 187 Å². The zero-order valence-electron chi connectivity index (χ0n) is 18.1. The molecule has 2 heterocycles. The Bertz CT molecular complexity index is 988. The van der Waals surface area contributed by atoms with Crippen LogP contribution in [-0.2, 0) is 19.1 Å². The minimum absolute atomic E-state index is 0.0194. The molecule has 2 aromatic rings. The number of piperidine rings is 1. The van der Waals surface area contributed by atoms with Crippen LogP contribution in [-0.4, -0.2) is 54.5 Å². The minimum Gasteiger partial charge on any atom is -0.469 e. The largest absolute Gasteiger partial charge is 0.469 e. The maximum absolute atomic E-state index is 12.7. The lowest BCUT2D eigenvalue weighted by Crippen LogP contribution is -2.56. The van der Waals surface area contributed by atoms with E-state index in [2.05, 4.69) is 4.90 Å². The van der Waals surface area contributed by atoms with Gasteiger partial charge in [-0.25, -0.2) is 4.79 Å². The molecule has 0 saturated carbocycles. The van der Waals surface area contributed by atoms with E-state index in [9.17, 15) is 14.4 Å². The van der Waals surface area contributed by atoms with Crippen LogP contribution < -0.4 is 0 Å². The second-order valence-electron chi connectivity index (χ2n) is 8.28. The lowest BCUT2D eigenvalue weighted by atomic mass is 9.87. The van der Waals surface area contributed by atoms with Crippen LogP contribution in [0.3, 0.4) is 0 Å². The molecule has 0 N–H and O–H groups in total. The van der Waals surface area contributed by atoms with Crippen molar-refractivity contribution in [3.05, 3.63) is 77.9 Å². The van der Waals surface area contributed by atoms with E-state index in [0.717, 1.165) is 18.4 Å². The van der Waals surface area contributed by atoms with Crippen molar-refractivity contribution in [1.82, 2.24) is 4.90 Å². The summed E-state index contributed by atoms with van der Waals surface area (Å²) in [6.45, 7) is 0.228. The molecular weight excluding hydrogens is 406 g/mol. The summed E-state index contributed by atoms with van der Waals surface area (Å²) < 4.78 is 10.8. The van der Waals surface area contributed by atoms with E-state index in [1.54, 1.807) is 36.4 Å². The summed E-state index contributed by atoms with van der Waals surface area (Å²) in [5.74, 6) is -1.48. The lowest BCUT2D eigenvalue weighted by molar-refractivity contribution is -0.157. The molecule has 166 valence electrons. The molecular formula is C26H27NO5. The third-order valence-electron chi connectivity index (χ3n) is 6.35. The van der Waals surface area contributed by atoms with Gasteiger partial charge in [0.2, 0.25) is 0 Å². The van der Waals surface area contributed by atoms with Crippen LogP contribution in [0.4, 0.5) is 0 Å². The molecule has 4 atom stereocenters. The number of esters is 2. The highest BCUT2D eigenvalue weighted by molar-refractivity contribution is 5.95. The molecule has 0 amide bonds. The number of ketones is 1. The Kier molecular flexibility index (Phi) is 6.81. The molecule has 32 heavy (non-hydrogen) atoms. The van der Waals surface area contributed by atoms with E-state index in [1.807, 2.05) is 36.4 Å². The molecule has 2 saturated heterocycles. The van der Waals surface area contributed by atoms with Crippen molar-refractivity contribution in [2.45, 2.75) is 37.5 Å². The molecule has 2 aliphatic heterocycles. The molecule has 2 unspecified atom stereocenters. The molecule has 2 aliphatic rings. The first-order valence-corrected chi connectivity index (χ1v) is 10.9. The smallest absolute Gasteiger partial charge is 0.338 e. The van der Waals surface area contributed by atoms with Crippen LogP contribution in [0.1, 0.15) is 35.2 Å². The van der Waals surface area contributed by atoms with Gasteiger partial charge in [-0.1, -0.05) is 54.6 Å². The summed E-state index contributed by atoms with van der Waals surface area (Å²) in [4.78, 5) is 40.1. The van der Waals surface area contributed by atoms with E-state index in [1.165, 1.54) is 7.11 Å². The van der Waals surface area contributed by atoms with Gasteiger partial charge in [0.1, 0.15) is 12.0 Å². The first-order valence-electron chi connectivity index (χ1n) is 10.9. The first kappa shape index (κ1) is 22.0. The fraction of sp³-hybridized carbons (Fsp3) is 0.346. The zero-order chi connectivity index (χ0) is 22.5. The second-order valence-corrected chi connectivity index (χ2v) is 8.28.